The van der Waals surface area contributed by atoms with Crippen molar-refractivity contribution >= 4 is 45.9 Å². The molecule has 2 aromatic carbocycles. The zero-order valence-electron chi connectivity index (χ0n) is 23.4. The fraction of sp³-hybridized carbons (Fsp3) is 0.290. The molecule has 4 heterocycles. The number of nitrogens with zero attached hydrogens (tertiary/aromatic N) is 5. The minimum atomic E-state index is -0.488. The molecule has 0 spiro atoms. The third-order valence-electron chi connectivity index (χ3n) is 7.87. The average Bonchev–Trinajstić information content (AvgIpc) is 3.65. The van der Waals surface area contributed by atoms with Gasteiger partial charge in [0.05, 0.1) is 10.9 Å². The van der Waals surface area contributed by atoms with Gasteiger partial charge in [-0.15, -0.1) is 0 Å². The van der Waals surface area contributed by atoms with Crippen LogP contribution in [-0.4, -0.2) is 88.8 Å². The van der Waals surface area contributed by atoms with E-state index >= 15 is 0 Å². The van der Waals surface area contributed by atoms with Gasteiger partial charge in [0.2, 0.25) is 11.9 Å². The highest BCUT2D eigenvalue weighted by atomic mass is 19.1. The normalized spacial score (nSPS) is 17.4. The second-order valence-electron chi connectivity index (χ2n) is 10.7. The molecule has 2 aromatic heterocycles. The SMILES string of the molecule is C=CC(=O)N1CC[C@H](Nc2nc(Nc3ccc(N4CCN(C)CC4)cc3)nc3[nH]cc(C(=O)c4cccc(F)c4)c23)C1. The van der Waals surface area contributed by atoms with Crippen molar-refractivity contribution in [2.45, 2.75) is 12.5 Å². The van der Waals surface area contributed by atoms with Crippen LogP contribution in [0.3, 0.4) is 0 Å². The zero-order valence-corrected chi connectivity index (χ0v) is 23.4. The maximum absolute atomic E-state index is 13.9. The minimum Gasteiger partial charge on any atom is -0.369 e. The van der Waals surface area contributed by atoms with E-state index in [1.165, 1.54) is 24.3 Å². The van der Waals surface area contributed by atoms with Crippen LogP contribution in [0.5, 0.6) is 0 Å². The van der Waals surface area contributed by atoms with Crippen molar-refractivity contribution in [3.05, 3.63) is 84.3 Å². The number of carbonyl (C=O) groups excluding carboxylic acids is 2. The van der Waals surface area contributed by atoms with Crippen LogP contribution in [0.15, 0.2) is 67.4 Å². The van der Waals surface area contributed by atoms with Gasteiger partial charge in [0, 0.05) is 68.4 Å². The minimum absolute atomic E-state index is 0.0882. The van der Waals surface area contributed by atoms with Crippen LogP contribution in [0.25, 0.3) is 11.0 Å². The smallest absolute Gasteiger partial charge is 0.246 e. The monoisotopic (exact) mass is 568 g/mol. The quantitative estimate of drug-likeness (QED) is 0.216. The van der Waals surface area contributed by atoms with Gasteiger partial charge in [-0.1, -0.05) is 18.7 Å². The van der Waals surface area contributed by atoms with Gasteiger partial charge in [0.25, 0.3) is 0 Å². The first-order valence-corrected chi connectivity index (χ1v) is 14.1. The Kier molecular flexibility index (Phi) is 7.58. The Morgan fingerprint density at radius 3 is 2.60 bits per heavy atom. The van der Waals surface area contributed by atoms with Crippen LogP contribution in [0.2, 0.25) is 0 Å². The Balaban J connectivity index is 1.30. The first-order valence-electron chi connectivity index (χ1n) is 14.1. The number of likely N-dealkylation sites (N-methyl/N-ethyl adjacent to an activating group) is 1. The Bertz CT molecular complexity index is 1630. The largest absolute Gasteiger partial charge is 0.369 e. The highest BCUT2D eigenvalue weighted by molar-refractivity contribution is 6.18. The van der Waals surface area contributed by atoms with Crippen molar-refractivity contribution in [1.82, 2.24) is 24.8 Å². The number of fused-ring (bicyclic) bond motifs is 1. The van der Waals surface area contributed by atoms with Crippen LogP contribution in [-0.2, 0) is 4.79 Å². The van der Waals surface area contributed by atoms with Gasteiger partial charge in [-0.25, -0.2) is 4.39 Å². The molecule has 6 rings (SSSR count). The van der Waals surface area contributed by atoms with E-state index in [-0.39, 0.29) is 23.3 Å². The molecule has 1 atom stereocenters. The first kappa shape index (κ1) is 27.4. The number of piperazine rings is 1. The molecule has 2 fully saturated rings. The zero-order chi connectivity index (χ0) is 29.2. The van der Waals surface area contributed by atoms with Crippen molar-refractivity contribution in [3.63, 3.8) is 0 Å². The lowest BCUT2D eigenvalue weighted by molar-refractivity contribution is -0.125. The number of aromatic nitrogens is 3. The van der Waals surface area contributed by atoms with Crippen LogP contribution in [0.4, 0.5) is 27.5 Å². The summed E-state index contributed by atoms with van der Waals surface area (Å²) in [4.78, 5) is 44.6. The Morgan fingerprint density at radius 1 is 1.07 bits per heavy atom. The van der Waals surface area contributed by atoms with Crippen LogP contribution in [0.1, 0.15) is 22.3 Å². The Labute approximate surface area is 243 Å². The van der Waals surface area contributed by atoms with Gasteiger partial charge in [-0.05, 0) is 55.9 Å². The number of hydrogen-bond acceptors (Lipinski definition) is 8. The molecule has 2 aliphatic rings. The summed E-state index contributed by atoms with van der Waals surface area (Å²) in [5, 5.41) is 7.24. The van der Waals surface area contributed by atoms with E-state index < -0.39 is 5.82 Å². The second-order valence-corrected chi connectivity index (χ2v) is 10.7. The summed E-state index contributed by atoms with van der Waals surface area (Å²) in [5.41, 5.74) is 3.01. The number of halogens is 1. The lowest BCUT2D eigenvalue weighted by Gasteiger charge is -2.34. The fourth-order valence-electron chi connectivity index (χ4n) is 5.51. The molecule has 10 nitrogen and oxygen atoms in total. The molecule has 0 unspecified atom stereocenters. The number of likely N-dealkylation sites (tertiary alicyclic amines) is 1. The van der Waals surface area contributed by atoms with Crippen LogP contribution < -0.4 is 15.5 Å². The predicted octanol–water partition coefficient (Wildman–Crippen LogP) is 4.02. The summed E-state index contributed by atoms with van der Waals surface area (Å²) in [6.45, 7) is 8.68. The van der Waals surface area contributed by atoms with Crippen molar-refractivity contribution in [2.75, 3.05) is 61.8 Å². The molecule has 0 saturated carbocycles. The summed E-state index contributed by atoms with van der Waals surface area (Å²) in [5.74, 6) is -0.157. The van der Waals surface area contributed by atoms with Gasteiger partial charge in [-0.2, -0.15) is 9.97 Å². The van der Waals surface area contributed by atoms with E-state index in [0.29, 0.717) is 47.9 Å². The number of anilines is 4. The van der Waals surface area contributed by atoms with E-state index in [0.717, 1.165) is 37.6 Å². The number of amides is 1. The number of nitrogens with one attached hydrogen (secondary N) is 3. The van der Waals surface area contributed by atoms with Gasteiger partial charge < -0.3 is 30.3 Å². The Hall–Kier alpha value is -4.77. The number of hydrogen-bond donors (Lipinski definition) is 3. The fourth-order valence-corrected chi connectivity index (χ4v) is 5.51. The summed E-state index contributed by atoms with van der Waals surface area (Å²) >= 11 is 0. The van der Waals surface area contributed by atoms with Gasteiger partial charge in [-0.3, -0.25) is 9.59 Å². The molecule has 3 N–H and O–H groups in total. The number of carbonyl (C=O) groups is 2. The van der Waals surface area contributed by atoms with Gasteiger partial charge >= 0.3 is 0 Å². The third-order valence-corrected chi connectivity index (χ3v) is 7.87. The maximum Gasteiger partial charge on any atom is 0.246 e. The molecule has 11 heteroatoms. The maximum atomic E-state index is 13.9. The molecule has 2 saturated heterocycles. The summed E-state index contributed by atoms with van der Waals surface area (Å²) < 4.78 is 13.9. The Morgan fingerprint density at radius 2 is 1.86 bits per heavy atom. The molecule has 0 aliphatic carbocycles. The second kappa shape index (κ2) is 11.6. The van der Waals surface area contributed by atoms with E-state index in [1.807, 2.05) is 12.1 Å². The van der Waals surface area contributed by atoms with E-state index in [9.17, 15) is 14.0 Å². The number of H-pyrrole nitrogens is 1. The number of ketones is 1. The molecule has 42 heavy (non-hydrogen) atoms. The lowest BCUT2D eigenvalue weighted by Crippen LogP contribution is -2.44. The van der Waals surface area contributed by atoms with Crippen molar-refractivity contribution in [2.24, 2.45) is 0 Å². The number of aromatic amines is 1. The summed E-state index contributed by atoms with van der Waals surface area (Å²) in [7, 11) is 2.14. The van der Waals surface area contributed by atoms with E-state index in [1.54, 1.807) is 17.2 Å². The molecular weight excluding hydrogens is 535 g/mol. The third kappa shape index (κ3) is 5.68. The number of rotatable bonds is 8. The van der Waals surface area contributed by atoms with Crippen LogP contribution in [0, 0.1) is 5.82 Å². The van der Waals surface area contributed by atoms with Gasteiger partial charge in [0.15, 0.2) is 5.78 Å². The molecule has 0 bridgehead atoms. The van der Waals surface area contributed by atoms with Crippen molar-refractivity contribution < 1.29 is 14.0 Å². The lowest BCUT2D eigenvalue weighted by atomic mass is 10.0. The predicted molar refractivity (Wildman–Crippen MR) is 162 cm³/mol. The highest BCUT2D eigenvalue weighted by Crippen LogP contribution is 2.30. The molecule has 216 valence electrons. The molecular formula is C31H33FN8O2. The van der Waals surface area contributed by atoms with Crippen molar-refractivity contribution in [3.8, 4) is 0 Å². The molecule has 0 radical (unpaired) electrons. The van der Waals surface area contributed by atoms with E-state index in [2.05, 4.69) is 56.2 Å². The molecule has 4 aromatic rings. The summed E-state index contributed by atoms with van der Waals surface area (Å²) in [6.07, 6.45) is 3.60. The van der Waals surface area contributed by atoms with Crippen LogP contribution >= 0.6 is 0 Å². The van der Waals surface area contributed by atoms with Crippen molar-refractivity contribution in [1.29, 1.82) is 0 Å². The molecule has 2 aliphatic heterocycles. The average molecular weight is 569 g/mol. The molecule has 1 amide bonds. The first-order chi connectivity index (χ1) is 20.4. The summed E-state index contributed by atoms with van der Waals surface area (Å²) in [6, 6.07) is 13.7. The highest BCUT2D eigenvalue weighted by Gasteiger charge is 2.27. The topological polar surface area (TPSA) is 109 Å². The van der Waals surface area contributed by atoms with Gasteiger partial charge in [0.1, 0.15) is 17.3 Å². The van der Waals surface area contributed by atoms with E-state index in [4.69, 9.17) is 4.98 Å². The number of benzene rings is 2. The standard InChI is InChI=1S/C31H33FN8O2/c1-3-26(41)40-12-11-23(19-40)34-30-27-25(28(42)20-5-4-6-21(32)17-20)18-33-29(27)36-31(37-30)35-22-7-9-24(10-8-22)39-15-13-38(2)14-16-39/h3-10,17-18,23H,1,11-16,19H2,2H3,(H3,33,34,35,36,37)/t23-/m0/s1.